The first-order valence-electron chi connectivity index (χ1n) is 6.29. The van der Waals surface area contributed by atoms with Gasteiger partial charge in [-0.3, -0.25) is 4.79 Å². The number of rotatable bonds is 3. The summed E-state index contributed by atoms with van der Waals surface area (Å²) in [6, 6.07) is 0. The van der Waals surface area contributed by atoms with Crippen LogP contribution in [0.25, 0.3) is 0 Å². The number of hydrogen-bond acceptors (Lipinski definition) is 6. The molecular weight excluding hydrogens is 264 g/mol. The van der Waals surface area contributed by atoms with E-state index in [1.807, 2.05) is 6.92 Å². The molecule has 2 aromatic heterocycles. The Hall–Kier alpha value is -1.76. The third-order valence-corrected chi connectivity index (χ3v) is 4.14. The van der Waals surface area contributed by atoms with E-state index in [2.05, 4.69) is 20.1 Å². The van der Waals surface area contributed by atoms with Crippen molar-refractivity contribution < 1.29 is 9.32 Å². The van der Waals surface area contributed by atoms with Crippen LogP contribution in [0.1, 0.15) is 45.2 Å². The zero-order valence-corrected chi connectivity index (χ0v) is 11.4. The van der Waals surface area contributed by atoms with Crippen molar-refractivity contribution in [3.8, 4) is 0 Å². The van der Waals surface area contributed by atoms with E-state index in [1.165, 1.54) is 11.5 Å². The SMILES string of the molecule is Cc1nnsc1CNC(=O)c1noc2c1CCCC2. The summed E-state index contributed by atoms with van der Waals surface area (Å²) in [4.78, 5) is 13.1. The summed E-state index contributed by atoms with van der Waals surface area (Å²) in [6.45, 7) is 2.31. The van der Waals surface area contributed by atoms with E-state index in [0.29, 0.717) is 12.2 Å². The van der Waals surface area contributed by atoms with E-state index < -0.39 is 0 Å². The second-order valence-electron chi connectivity index (χ2n) is 4.60. The third-order valence-electron chi connectivity index (χ3n) is 3.32. The van der Waals surface area contributed by atoms with Crippen molar-refractivity contribution in [2.45, 2.75) is 39.2 Å². The van der Waals surface area contributed by atoms with Gasteiger partial charge in [-0.2, -0.15) is 0 Å². The molecule has 1 N–H and O–H groups in total. The van der Waals surface area contributed by atoms with Crippen LogP contribution in [0.15, 0.2) is 4.52 Å². The van der Waals surface area contributed by atoms with Crippen molar-refractivity contribution in [1.82, 2.24) is 20.1 Å². The largest absolute Gasteiger partial charge is 0.360 e. The molecule has 1 aliphatic rings. The van der Waals surface area contributed by atoms with Crippen LogP contribution in [-0.2, 0) is 19.4 Å². The molecule has 0 fully saturated rings. The van der Waals surface area contributed by atoms with Gasteiger partial charge in [0.1, 0.15) is 5.76 Å². The normalized spacial score (nSPS) is 14.2. The molecule has 19 heavy (non-hydrogen) atoms. The maximum atomic E-state index is 12.1. The van der Waals surface area contributed by atoms with Crippen LogP contribution in [0.2, 0.25) is 0 Å². The fraction of sp³-hybridized carbons (Fsp3) is 0.500. The van der Waals surface area contributed by atoms with Crippen LogP contribution >= 0.6 is 11.5 Å². The van der Waals surface area contributed by atoms with Gasteiger partial charge in [0.25, 0.3) is 5.91 Å². The highest BCUT2D eigenvalue weighted by Crippen LogP contribution is 2.24. The van der Waals surface area contributed by atoms with Crippen molar-refractivity contribution in [3.05, 3.63) is 27.6 Å². The number of hydrogen-bond donors (Lipinski definition) is 1. The highest BCUT2D eigenvalue weighted by atomic mass is 32.1. The first kappa shape index (κ1) is 12.3. The minimum atomic E-state index is -0.181. The van der Waals surface area contributed by atoms with E-state index in [-0.39, 0.29) is 5.91 Å². The number of nitrogens with zero attached hydrogens (tertiary/aromatic N) is 3. The van der Waals surface area contributed by atoms with Gasteiger partial charge >= 0.3 is 0 Å². The van der Waals surface area contributed by atoms with Crippen LogP contribution in [0.3, 0.4) is 0 Å². The van der Waals surface area contributed by atoms with Gasteiger partial charge in [-0.05, 0) is 37.7 Å². The highest BCUT2D eigenvalue weighted by Gasteiger charge is 2.23. The molecule has 6 nitrogen and oxygen atoms in total. The molecule has 2 aromatic rings. The van der Waals surface area contributed by atoms with Crippen LogP contribution < -0.4 is 5.32 Å². The predicted molar refractivity (Wildman–Crippen MR) is 69.0 cm³/mol. The molecule has 100 valence electrons. The maximum absolute atomic E-state index is 12.1. The van der Waals surface area contributed by atoms with Crippen molar-refractivity contribution in [2.75, 3.05) is 0 Å². The Kier molecular flexibility index (Phi) is 3.29. The Labute approximate surface area is 114 Å². The standard InChI is InChI=1S/C12H14N4O2S/c1-7-10(19-16-14-7)6-13-12(17)11-8-4-2-3-5-9(8)18-15-11/h2-6H2,1H3,(H,13,17). The van der Waals surface area contributed by atoms with Gasteiger partial charge in [0, 0.05) is 12.0 Å². The molecule has 0 aliphatic heterocycles. The van der Waals surface area contributed by atoms with Crippen molar-refractivity contribution in [1.29, 1.82) is 0 Å². The van der Waals surface area contributed by atoms with Crippen LogP contribution in [0, 0.1) is 6.92 Å². The van der Waals surface area contributed by atoms with Gasteiger partial charge in [-0.1, -0.05) is 9.64 Å². The fourth-order valence-electron chi connectivity index (χ4n) is 2.22. The fourth-order valence-corrected chi connectivity index (χ4v) is 2.79. The second-order valence-corrected chi connectivity index (χ2v) is 5.44. The topological polar surface area (TPSA) is 80.9 Å². The number of carbonyl (C=O) groups excluding carboxylic acids is 1. The Balaban J connectivity index is 1.71. The molecule has 0 spiro atoms. The first-order chi connectivity index (χ1) is 9.25. The van der Waals surface area contributed by atoms with Crippen LogP contribution in [0.4, 0.5) is 0 Å². The molecule has 0 saturated heterocycles. The van der Waals surface area contributed by atoms with E-state index in [4.69, 9.17) is 4.52 Å². The summed E-state index contributed by atoms with van der Waals surface area (Å²) in [5.74, 6) is 0.687. The maximum Gasteiger partial charge on any atom is 0.274 e. The number of amides is 1. The molecule has 1 aliphatic carbocycles. The average Bonchev–Trinajstić information content (AvgIpc) is 3.02. The minimum absolute atomic E-state index is 0.181. The minimum Gasteiger partial charge on any atom is -0.360 e. The van der Waals surface area contributed by atoms with Gasteiger partial charge in [-0.25, -0.2) is 0 Å². The smallest absolute Gasteiger partial charge is 0.274 e. The Bertz CT molecular complexity index is 605. The monoisotopic (exact) mass is 278 g/mol. The molecule has 0 saturated carbocycles. The lowest BCUT2D eigenvalue weighted by molar-refractivity contribution is 0.0941. The van der Waals surface area contributed by atoms with E-state index >= 15 is 0 Å². The third kappa shape index (κ3) is 2.37. The Morgan fingerprint density at radius 1 is 1.42 bits per heavy atom. The van der Waals surface area contributed by atoms with Gasteiger partial charge in [0.05, 0.1) is 17.1 Å². The van der Waals surface area contributed by atoms with E-state index in [1.54, 1.807) is 0 Å². The highest BCUT2D eigenvalue weighted by molar-refractivity contribution is 7.05. The van der Waals surface area contributed by atoms with Gasteiger partial charge in [0.2, 0.25) is 0 Å². The predicted octanol–water partition coefficient (Wildman–Crippen LogP) is 1.64. The zero-order chi connectivity index (χ0) is 13.2. The molecule has 0 unspecified atom stereocenters. The molecule has 0 aromatic carbocycles. The molecule has 2 heterocycles. The molecular formula is C12H14N4O2S. The van der Waals surface area contributed by atoms with Crippen LogP contribution in [-0.4, -0.2) is 20.7 Å². The second kappa shape index (κ2) is 5.08. The van der Waals surface area contributed by atoms with E-state index in [9.17, 15) is 4.79 Å². The summed E-state index contributed by atoms with van der Waals surface area (Å²) in [7, 11) is 0. The van der Waals surface area contributed by atoms with Crippen LogP contribution in [0.5, 0.6) is 0 Å². The summed E-state index contributed by atoms with van der Waals surface area (Å²) in [5, 5.41) is 10.7. The molecule has 0 bridgehead atoms. The summed E-state index contributed by atoms with van der Waals surface area (Å²) in [6.07, 6.45) is 3.96. The Morgan fingerprint density at radius 3 is 3.05 bits per heavy atom. The average molecular weight is 278 g/mol. The number of carbonyl (C=O) groups is 1. The van der Waals surface area contributed by atoms with Crippen molar-refractivity contribution in [3.63, 3.8) is 0 Å². The molecule has 3 rings (SSSR count). The van der Waals surface area contributed by atoms with E-state index in [0.717, 1.165) is 47.6 Å². The lowest BCUT2D eigenvalue weighted by Crippen LogP contribution is -2.24. The quantitative estimate of drug-likeness (QED) is 0.923. The zero-order valence-electron chi connectivity index (χ0n) is 10.6. The molecule has 0 atom stereocenters. The molecule has 1 amide bonds. The first-order valence-corrected chi connectivity index (χ1v) is 7.06. The number of nitrogens with one attached hydrogen (secondary N) is 1. The number of aryl methyl sites for hydroxylation is 2. The summed E-state index contributed by atoms with van der Waals surface area (Å²) < 4.78 is 9.07. The van der Waals surface area contributed by atoms with Crippen molar-refractivity contribution in [2.24, 2.45) is 0 Å². The Morgan fingerprint density at radius 2 is 2.26 bits per heavy atom. The molecule has 0 radical (unpaired) electrons. The van der Waals surface area contributed by atoms with Gasteiger partial charge < -0.3 is 9.84 Å². The van der Waals surface area contributed by atoms with Gasteiger partial charge in [0.15, 0.2) is 5.69 Å². The van der Waals surface area contributed by atoms with Crippen molar-refractivity contribution >= 4 is 17.4 Å². The molecule has 7 heteroatoms. The van der Waals surface area contributed by atoms with Gasteiger partial charge in [-0.15, -0.1) is 5.10 Å². The summed E-state index contributed by atoms with van der Waals surface area (Å²) in [5.41, 5.74) is 2.26. The summed E-state index contributed by atoms with van der Waals surface area (Å²) >= 11 is 1.30. The number of aromatic nitrogens is 3. The number of fused-ring (bicyclic) bond motifs is 1. The lowest BCUT2D eigenvalue weighted by atomic mass is 9.96. The lowest BCUT2D eigenvalue weighted by Gasteiger charge is -2.09.